The van der Waals surface area contributed by atoms with Gasteiger partial charge in [0.15, 0.2) is 5.71 Å². The lowest BCUT2D eigenvalue weighted by molar-refractivity contribution is -0.433. The molecular formula is C34H43N2O+. The maximum absolute atomic E-state index is 6.21. The van der Waals surface area contributed by atoms with Crippen molar-refractivity contribution in [3.63, 3.8) is 0 Å². The number of fused-ring (bicyclic) bond motifs is 2. The third-order valence-electron chi connectivity index (χ3n) is 7.72. The summed E-state index contributed by atoms with van der Waals surface area (Å²) in [7, 11) is 0. The summed E-state index contributed by atoms with van der Waals surface area (Å²) in [6.45, 7) is 15.0. The lowest BCUT2D eigenvalue weighted by Gasteiger charge is -2.18. The van der Waals surface area contributed by atoms with Gasteiger partial charge >= 0.3 is 0 Å². The number of para-hydroxylation sites is 2. The van der Waals surface area contributed by atoms with E-state index in [1.807, 2.05) is 13.0 Å². The Kier molecular flexibility index (Phi) is 8.04. The van der Waals surface area contributed by atoms with Crippen LogP contribution in [-0.2, 0) is 10.8 Å². The minimum Gasteiger partial charge on any atom is -0.460 e. The fourth-order valence-electron chi connectivity index (χ4n) is 5.69. The Morgan fingerprint density at radius 1 is 0.865 bits per heavy atom. The fraction of sp³-hybridized carbons (Fsp3) is 0.382. The van der Waals surface area contributed by atoms with Crippen LogP contribution in [0.15, 0.2) is 95.8 Å². The lowest BCUT2D eigenvalue weighted by atomic mass is 9.81. The molecule has 2 N–H and O–H groups in total. The molecule has 0 fully saturated rings. The van der Waals surface area contributed by atoms with E-state index in [1.165, 1.54) is 40.1 Å². The summed E-state index contributed by atoms with van der Waals surface area (Å²) < 4.78 is 8.67. The van der Waals surface area contributed by atoms with Crippen LogP contribution in [-0.4, -0.2) is 23.4 Å². The molecule has 1 aliphatic carbocycles. The van der Waals surface area contributed by atoms with Gasteiger partial charge in [0.2, 0.25) is 5.69 Å². The first-order valence-corrected chi connectivity index (χ1v) is 13.8. The molecule has 0 aromatic heterocycles. The number of nitrogens with two attached hydrogens (primary N) is 1. The van der Waals surface area contributed by atoms with Gasteiger partial charge in [0, 0.05) is 23.3 Å². The Labute approximate surface area is 223 Å². The Hall–Kier alpha value is -3.17. The van der Waals surface area contributed by atoms with Crippen molar-refractivity contribution in [3.05, 3.63) is 107 Å². The van der Waals surface area contributed by atoms with E-state index in [-0.39, 0.29) is 10.8 Å². The van der Waals surface area contributed by atoms with E-state index in [1.54, 1.807) is 0 Å². The number of rotatable bonds is 4. The van der Waals surface area contributed by atoms with Gasteiger partial charge in [-0.2, -0.15) is 4.58 Å². The standard InChI is InChI=1S/C32H36NO.C2H7N/c1-6-33-27-16-9-7-14-25(27)31(2,3)29(33)20-18-23-12-11-13-24(22-23)19-21-30-32(4,5)26-15-8-10-17-28(26)34-30;1-2-3/h7-10,14-22H,6,11-13H2,1-5H3;2-3H2,1H3/q+1;/b20-18+,24-19+,30-21+;. The topological polar surface area (TPSA) is 38.3 Å². The first-order valence-electron chi connectivity index (χ1n) is 13.8. The van der Waals surface area contributed by atoms with Crippen molar-refractivity contribution in [2.45, 2.75) is 71.6 Å². The lowest BCUT2D eigenvalue weighted by Crippen LogP contribution is -2.27. The SMILES string of the molecule is CCN.CC[N+]1=C(/C=C/C2=CC(=C/C=C3/Oc4ccccc4C3(C)C)/CCC2)C(C)(C)c2ccccc21. The average molecular weight is 496 g/mol. The molecule has 5 rings (SSSR count). The van der Waals surface area contributed by atoms with Crippen molar-refractivity contribution in [1.29, 1.82) is 0 Å². The molecule has 194 valence electrons. The van der Waals surface area contributed by atoms with Crippen LogP contribution in [0.25, 0.3) is 0 Å². The molecule has 2 aliphatic heterocycles. The van der Waals surface area contributed by atoms with Gasteiger partial charge < -0.3 is 10.5 Å². The number of hydrogen-bond donors (Lipinski definition) is 1. The molecule has 3 aliphatic rings. The maximum atomic E-state index is 6.21. The number of ether oxygens (including phenoxy) is 1. The largest absolute Gasteiger partial charge is 0.460 e. The van der Waals surface area contributed by atoms with E-state index in [9.17, 15) is 0 Å². The number of hydrogen-bond acceptors (Lipinski definition) is 2. The van der Waals surface area contributed by atoms with E-state index >= 15 is 0 Å². The molecule has 0 atom stereocenters. The molecule has 3 heteroatoms. The molecule has 0 radical (unpaired) electrons. The predicted molar refractivity (Wildman–Crippen MR) is 157 cm³/mol. The van der Waals surface area contributed by atoms with Crippen molar-refractivity contribution in [3.8, 4) is 5.75 Å². The maximum Gasteiger partial charge on any atom is 0.209 e. The van der Waals surface area contributed by atoms with E-state index < -0.39 is 0 Å². The molecule has 3 nitrogen and oxygen atoms in total. The Bertz CT molecular complexity index is 1300. The third kappa shape index (κ3) is 5.29. The molecule has 0 saturated heterocycles. The van der Waals surface area contributed by atoms with Crippen molar-refractivity contribution in [2.75, 3.05) is 13.1 Å². The van der Waals surface area contributed by atoms with Gasteiger partial charge in [-0.3, -0.25) is 0 Å². The monoisotopic (exact) mass is 495 g/mol. The van der Waals surface area contributed by atoms with Crippen LogP contribution >= 0.6 is 0 Å². The van der Waals surface area contributed by atoms with Crippen LogP contribution in [0.1, 0.15) is 71.9 Å². The Morgan fingerprint density at radius 2 is 1.54 bits per heavy atom. The highest BCUT2D eigenvalue weighted by molar-refractivity contribution is 6.03. The minimum absolute atomic E-state index is 0.0157. The van der Waals surface area contributed by atoms with Gasteiger partial charge in [0.1, 0.15) is 18.1 Å². The average Bonchev–Trinajstić information content (AvgIpc) is 3.28. The molecule has 0 unspecified atom stereocenters. The third-order valence-corrected chi connectivity index (χ3v) is 7.72. The molecule has 37 heavy (non-hydrogen) atoms. The van der Waals surface area contributed by atoms with E-state index in [0.29, 0.717) is 0 Å². The number of allylic oxidation sites excluding steroid dienone is 8. The smallest absolute Gasteiger partial charge is 0.209 e. The zero-order valence-electron chi connectivity index (χ0n) is 23.5. The second-order valence-electron chi connectivity index (χ2n) is 11.1. The van der Waals surface area contributed by atoms with Crippen LogP contribution in [0.5, 0.6) is 5.75 Å². The summed E-state index contributed by atoms with van der Waals surface area (Å²) in [5.74, 6) is 2.01. The quantitative estimate of drug-likeness (QED) is 0.438. The zero-order valence-corrected chi connectivity index (χ0v) is 23.5. The highest BCUT2D eigenvalue weighted by Gasteiger charge is 2.43. The van der Waals surface area contributed by atoms with Gasteiger partial charge in [-0.05, 0) is 83.7 Å². The molecular weight excluding hydrogens is 452 g/mol. The van der Waals surface area contributed by atoms with Gasteiger partial charge in [-0.15, -0.1) is 0 Å². The predicted octanol–water partition coefficient (Wildman–Crippen LogP) is 7.89. The Morgan fingerprint density at radius 3 is 2.24 bits per heavy atom. The molecule has 2 aromatic carbocycles. The van der Waals surface area contributed by atoms with Crippen LogP contribution in [0.3, 0.4) is 0 Å². The highest BCUT2D eigenvalue weighted by Crippen LogP contribution is 2.45. The van der Waals surface area contributed by atoms with Crippen LogP contribution < -0.4 is 10.5 Å². The van der Waals surface area contributed by atoms with E-state index in [0.717, 1.165) is 37.4 Å². The molecule has 0 saturated carbocycles. The minimum atomic E-state index is -0.0991. The molecule has 2 heterocycles. The van der Waals surface area contributed by atoms with E-state index in [2.05, 4.69) is 112 Å². The number of benzene rings is 2. The molecule has 0 spiro atoms. The van der Waals surface area contributed by atoms with Crippen molar-refractivity contribution >= 4 is 11.4 Å². The summed E-state index contributed by atoms with van der Waals surface area (Å²) >= 11 is 0. The summed E-state index contributed by atoms with van der Waals surface area (Å²) in [5, 5.41) is 0. The summed E-state index contributed by atoms with van der Waals surface area (Å²) in [6.07, 6.45) is 15.0. The van der Waals surface area contributed by atoms with Crippen LogP contribution in [0.2, 0.25) is 0 Å². The second kappa shape index (κ2) is 11.1. The van der Waals surface area contributed by atoms with E-state index in [4.69, 9.17) is 10.5 Å². The molecule has 0 bridgehead atoms. The first kappa shape index (κ1) is 26.9. The second-order valence-corrected chi connectivity index (χ2v) is 11.1. The van der Waals surface area contributed by atoms with Crippen LogP contribution in [0, 0.1) is 0 Å². The summed E-state index contributed by atoms with van der Waals surface area (Å²) in [6, 6.07) is 17.2. The van der Waals surface area contributed by atoms with Crippen molar-refractivity contribution in [2.24, 2.45) is 5.73 Å². The summed E-state index contributed by atoms with van der Waals surface area (Å²) in [4.78, 5) is 0. The number of nitrogens with zero attached hydrogens (tertiary/aromatic N) is 1. The van der Waals surface area contributed by atoms with Gasteiger partial charge in [0.25, 0.3) is 0 Å². The van der Waals surface area contributed by atoms with Gasteiger partial charge in [-0.1, -0.05) is 61.5 Å². The Balaban J connectivity index is 0.00000102. The first-order chi connectivity index (χ1) is 17.7. The van der Waals surface area contributed by atoms with Crippen LogP contribution in [0.4, 0.5) is 5.69 Å². The normalized spacial score (nSPS) is 21.4. The molecule has 0 amide bonds. The van der Waals surface area contributed by atoms with Gasteiger partial charge in [0.05, 0.1) is 10.8 Å². The fourth-order valence-corrected chi connectivity index (χ4v) is 5.69. The summed E-state index contributed by atoms with van der Waals surface area (Å²) in [5.41, 5.74) is 13.0. The molecule has 2 aromatic rings. The zero-order chi connectivity index (χ0) is 26.6. The van der Waals surface area contributed by atoms with Gasteiger partial charge in [-0.25, -0.2) is 0 Å². The van der Waals surface area contributed by atoms with Crippen molar-refractivity contribution in [1.82, 2.24) is 0 Å². The highest BCUT2D eigenvalue weighted by atomic mass is 16.5. The van der Waals surface area contributed by atoms with Crippen molar-refractivity contribution < 1.29 is 9.31 Å².